The van der Waals surface area contributed by atoms with Gasteiger partial charge in [-0.1, -0.05) is 31.0 Å². The molecule has 1 aromatic carbocycles. The summed E-state index contributed by atoms with van der Waals surface area (Å²) in [6.45, 7) is 0.752. The van der Waals surface area contributed by atoms with Crippen LogP contribution in [0.25, 0.3) is 0 Å². The largest absolute Gasteiger partial charge is 0.394 e. The number of amides is 1. The number of rotatable bonds is 2. The molecule has 0 saturated heterocycles. The highest BCUT2D eigenvalue weighted by Crippen LogP contribution is 2.39. The molecule has 1 fully saturated rings. The van der Waals surface area contributed by atoms with Gasteiger partial charge in [0.1, 0.15) is 0 Å². The highest BCUT2D eigenvalue weighted by molar-refractivity contribution is 5.98. The predicted molar refractivity (Wildman–Crippen MR) is 64.6 cm³/mol. The summed E-state index contributed by atoms with van der Waals surface area (Å²) in [5.41, 5.74) is 1.61. The Balaban J connectivity index is 1.95. The van der Waals surface area contributed by atoms with Crippen LogP contribution in [-0.2, 0) is 6.54 Å². The van der Waals surface area contributed by atoms with Crippen molar-refractivity contribution in [1.29, 1.82) is 0 Å². The lowest BCUT2D eigenvalue weighted by Crippen LogP contribution is -2.49. The Morgan fingerprint density at radius 2 is 1.94 bits per heavy atom. The quantitative estimate of drug-likeness (QED) is 0.845. The molecule has 1 N–H and O–H groups in total. The van der Waals surface area contributed by atoms with E-state index in [1.807, 2.05) is 29.2 Å². The number of aliphatic hydroxyl groups is 1. The van der Waals surface area contributed by atoms with Crippen molar-refractivity contribution in [2.45, 2.75) is 37.8 Å². The molecule has 90 valence electrons. The van der Waals surface area contributed by atoms with E-state index in [0.717, 1.165) is 36.8 Å². The Hall–Kier alpha value is -1.35. The monoisotopic (exact) mass is 231 g/mol. The maximum Gasteiger partial charge on any atom is 0.255 e. The number of nitrogens with zero attached hydrogens (tertiary/aromatic N) is 1. The zero-order valence-corrected chi connectivity index (χ0v) is 9.85. The van der Waals surface area contributed by atoms with E-state index < -0.39 is 0 Å². The zero-order valence-electron chi connectivity index (χ0n) is 9.85. The molecule has 1 aromatic rings. The summed E-state index contributed by atoms with van der Waals surface area (Å²) in [5, 5.41) is 9.68. The maximum atomic E-state index is 12.4. The highest BCUT2D eigenvalue weighted by atomic mass is 16.3. The van der Waals surface area contributed by atoms with Crippen molar-refractivity contribution < 1.29 is 9.90 Å². The number of benzene rings is 1. The lowest BCUT2D eigenvalue weighted by Gasteiger charge is -2.37. The molecule has 0 unspecified atom stereocenters. The van der Waals surface area contributed by atoms with Gasteiger partial charge in [0.25, 0.3) is 5.91 Å². The van der Waals surface area contributed by atoms with Crippen LogP contribution in [0.3, 0.4) is 0 Å². The molecule has 3 nitrogen and oxygen atoms in total. The fourth-order valence-corrected chi connectivity index (χ4v) is 3.18. The molecule has 3 heteroatoms. The Kier molecular flexibility index (Phi) is 2.44. The van der Waals surface area contributed by atoms with Gasteiger partial charge in [-0.2, -0.15) is 0 Å². The van der Waals surface area contributed by atoms with Gasteiger partial charge in [-0.05, 0) is 24.5 Å². The van der Waals surface area contributed by atoms with Crippen LogP contribution in [0, 0.1) is 0 Å². The number of fused-ring (bicyclic) bond motifs is 1. The first-order chi connectivity index (χ1) is 8.27. The summed E-state index contributed by atoms with van der Waals surface area (Å²) in [4.78, 5) is 14.3. The second-order valence-corrected chi connectivity index (χ2v) is 5.14. The van der Waals surface area contributed by atoms with E-state index in [2.05, 4.69) is 0 Å². The molecule has 1 aliphatic heterocycles. The van der Waals surface area contributed by atoms with Gasteiger partial charge in [0.15, 0.2) is 0 Å². The number of hydrogen-bond donors (Lipinski definition) is 1. The fraction of sp³-hybridized carbons (Fsp3) is 0.500. The average Bonchev–Trinajstić information content (AvgIpc) is 2.96. The maximum absolute atomic E-state index is 12.4. The van der Waals surface area contributed by atoms with Gasteiger partial charge in [0.2, 0.25) is 0 Å². The molecule has 1 heterocycles. The predicted octanol–water partition coefficient (Wildman–Crippen LogP) is 1.95. The third-order valence-electron chi connectivity index (χ3n) is 4.22. The second kappa shape index (κ2) is 3.84. The number of carbonyl (C=O) groups is 1. The van der Waals surface area contributed by atoms with Crippen LogP contribution >= 0.6 is 0 Å². The van der Waals surface area contributed by atoms with Crippen molar-refractivity contribution in [2.24, 2.45) is 0 Å². The molecular formula is C14H17NO2. The Labute approximate surface area is 101 Å². The SMILES string of the molecule is O=C1c2ccccc2CN1C1(CO)CCCC1. The minimum absolute atomic E-state index is 0.0900. The molecule has 1 aliphatic carbocycles. The lowest BCUT2D eigenvalue weighted by molar-refractivity contribution is 0.0275. The van der Waals surface area contributed by atoms with E-state index in [4.69, 9.17) is 0 Å². The van der Waals surface area contributed by atoms with Crippen LogP contribution in [0.15, 0.2) is 24.3 Å². The lowest BCUT2D eigenvalue weighted by atomic mass is 9.96. The Morgan fingerprint density at radius 1 is 1.24 bits per heavy atom. The van der Waals surface area contributed by atoms with Crippen molar-refractivity contribution in [3.63, 3.8) is 0 Å². The Morgan fingerprint density at radius 3 is 2.59 bits per heavy atom. The number of hydrogen-bond acceptors (Lipinski definition) is 2. The van der Waals surface area contributed by atoms with Gasteiger partial charge in [0.05, 0.1) is 12.1 Å². The van der Waals surface area contributed by atoms with Crippen molar-refractivity contribution in [3.05, 3.63) is 35.4 Å². The number of aliphatic hydroxyl groups excluding tert-OH is 1. The van der Waals surface area contributed by atoms with E-state index >= 15 is 0 Å². The standard InChI is InChI=1S/C14H17NO2/c16-10-14(7-3-4-8-14)15-9-11-5-1-2-6-12(11)13(15)17/h1-2,5-6,16H,3-4,7-10H2. The van der Waals surface area contributed by atoms with Crippen LogP contribution in [-0.4, -0.2) is 28.1 Å². The van der Waals surface area contributed by atoms with Gasteiger partial charge in [0, 0.05) is 12.1 Å². The molecule has 3 rings (SSSR count). The third-order valence-corrected chi connectivity index (χ3v) is 4.22. The minimum atomic E-state index is -0.296. The van der Waals surface area contributed by atoms with E-state index in [0.29, 0.717) is 6.54 Å². The summed E-state index contributed by atoms with van der Waals surface area (Å²) in [6, 6.07) is 7.77. The first kappa shape index (κ1) is 10.8. The summed E-state index contributed by atoms with van der Waals surface area (Å²) >= 11 is 0. The van der Waals surface area contributed by atoms with Crippen molar-refractivity contribution in [2.75, 3.05) is 6.61 Å². The summed E-state index contributed by atoms with van der Waals surface area (Å²) < 4.78 is 0. The van der Waals surface area contributed by atoms with Gasteiger partial charge in [-0.3, -0.25) is 4.79 Å². The molecule has 17 heavy (non-hydrogen) atoms. The molecule has 0 bridgehead atoms. The molecule has 0 radical (unpaired) electrons. The van der Waals surface area contributed by atoms with Crippen molar-refractivity contribution >= 4 is 5.91 Å². The van der Waals surface area contributed by atoms with Crippen LogP contribution in [0.4, 0.5) is 0 Å². The topological polar surface area (TPSA) is 40.5 Å². The van der Waals surface area contributed by atoms with Crippen molar-refractivity contribution in [3.8, 4) is 0 Å². The van der Waals surface area contributed by atoms with E-state index in [-0.39, 0.29) is 18.1 Å². The van der Waals surface area contributed by atoms with Crippen LogP contribution < -0.4 is 0 Å². The number of carbonyl (C=O) groups excluding carboxylic acids is 1. The van der Waals surface area contributed by atoms with Gasteiger partial charge in [-0.15, -0.1) is 0 Å². The normalized spacial score (nSPS) is 21.9. The molecular weight excluding hydrogens is 214 g/mol. The molecule has 0 spiro atoms. The summed E-state index contributed by atoms with van der Waals surface area (Å²) in [7, 11) is 0. The summed E-state index contributed by atoms with van der Waals surface area (Å²) in [6.07, 6.45) is 4.09. The van der Waals surface area contributed by atoms with Gasteiger partial charge >= 0.3 is 0 Å². The second-order valence-electron chi connectivity index (χ2n) is 5.14. The molecule has 1 amide bonds. The van der Waals surface area contributed by atoms with Gasteiger partial charge in [-0.25, -0.2) is 0 Å². The average molecular weight is 231 g/mol. The third kappa shape index (κ3) is 1.49. The first-order valence-electron chi connectivity index (χ1n) is 6.28. The minimum Gasteiger partial charge on any atom is -0.394 e. The molecule has 0 atom stereocenters. The van der Waals surface area contributed by atoms with Crippen LogP contribution in [0.2, 0.25) is 0 Å². The summed E-state index contributed by atoms with van der Waals surface area (Å²) in [5.74, 6) is 0.0940. The van der Waals surface area contributed by atoms with Gasteiger partial charge < -0.3 is 10.0 Å². The first-order valence-corrected chi connectivity index (χ1v) is 6.28. The van der Waals surface area contributed by atoms with Crippen molar-refractivity contribution in [1.82, 2.24) is 4.90 Å². The zero-order chi connectivity index (χ0) is 11.9. The molecule has 0 aromatic heterocycles. The fourth-order valence-electron chi connectivity index (χ4n) is 3.18. The highest BCUT2D eigenvalue weighted by Gasteiger charge is 2.44. The Bertz CT molecular complexity index is 449. The van der Waals surface area contributed by atoms with E-state index in [1.54, 1.807) is 0 Å². The van der Waals surface area contributed by atoms with Crippen LogP contribution in [0.1, 0.15) is 41.6 Å². The van der Waals surface area contributed by atoms with E-state index in [9.17, 15) is 9.90 Å². The van der Waals surface area contributed by atoms with E-state index in [1.165, 1.54) is 0 Å². The molecule has 1 saturated carbocycles. The smallest absolute Gasteiger partial charge is 0.255 e. The molecule has 2 aliphatic rings. The van der Waals surface area contributed by atoms with Crippen LogP contribution in [0.5, 0.6) is 0 Å².